The molecule has 0 spiro atoms. The lowest BCUT2D eigenvalue weighted by Crippen LogP contribution is -2.39. The lowest BCUT2D eigenvalue weighted by molar-refractivity contribution is -0.160. The maximum atomic E-state index is 13.3. The van der Waals surface area contributed by atoms with Crippen molar-refractivity contribution in [2.45, 2.75) is 72.5 Å². The summed E-state index contributed by atoms with van der Waals surface area (Å²) in [6.45, 7) is 14.0. The topological polar surface area (TPSA) is 101 Å². The van der Waals surface area contributed by atoms with Gasteiger partial charge >= 0.3 is 5.97 Å². The van der Waals surface area contributed by atoms with Crippen molar-refractivity contribution in [1.82, 2.24) is 15.2 Å². The zero-order valence-corrected chi connectivity index (χ0v) is 27.0. The summed E-state index contributed by atoms with van der Waals surface area (Å²) in [5, 5.41) is 17.6. The number of pyridine rings is 1. The van der Waals surface area contributed by atoms with E-state index in [4.69, 9.17) is 14.5 Å². The van der Waals surface area contributed by atoms with Crippen LogP contribution in [0.15, 0.2) is 60.9 Å². The van der Waals surface area contributed by atoms with E-state index in [0.29, 0.717) is 30.0 Å². The number of hydrogen-bond donors (Lipinski definition) is 2. The first-order valence-electron chi connectivity index (χ1n) is 15.5. The lowest BCUT2D eigenvalue weighted by atomic mass is 9.81. The molecule has 2 aromatic carbocycles. The number of aromatic amines is 1. The average molecular weight is 615 g/mol. The highest BCUT2D eigenvalue weighted by Gasteiger charge is 2.37. The lowest BCUT2D eigenvalue weighted by Gasteiger charge is -2.41. The first-order chi connectivity index (χ1) is 21.3. The molecule has 0 amide bonds. The Hall–Kier alpha value is -4.24. The van der Waals surface area contributed by atoms with Gasteiger partial charge in [-0.15, -0.1) is 0 Å². The van der Waals surface area contributed by atoms with Crippen molar-refractivity contribution in [2.24, 2.45) is 5.41 Å². The minimum Gasteiger partial charge on any atom is -0.493 e. The third-order valence-electron chi connectivity index (χ3n) is 8.28. The van der Waals surface area contributed by atoms with Crippen LogP contribution in [-0.4, -0.2) is 51.6 Å². The summed E-state index contributed by atoms with van der Waals surface area (Å²) in [5.41, 5.74) is 5.72. The molecule has 1 saturated heterocycles. The normalized spacial score (nSPS) is 15.6. The van der Waals surface area contributed by atoms with Crippen LogP contribution in [0.3, 0.4) is 0 Å². The molecule has 3 heterocycles. The van der Waals surface area contributed by atoms with E-state index in [1.54, 1.807) is 24.5 Å². The van der Waals surface area contributed by atoms with E-state index in [9.17, 15) is 14.3 Å². The number of carboxylic acids is 1. The largest absolute Gasteiger partial charge is 0.493 e. The highest BCUT2D eigenvalue weighted by molar-refractivity contribution is 5.94. The summed E-state index contributed by atoms with van der Waals surface area (Å²) in [6, 6.07) is 14.2. The number of H-pyrrole nitrogens is 1. The molecule has 0 radical (unpaired) electrons. The summed E-state index contributed by atoms with van der Waals surface area (Å²) in [5.74, 6) is -0.613. The molecule has 238 valence electrons. The van der Waals surface area contributed by atoms with Gasteiger partial charge in [0, 0.05) is 48.1 Å². The molecule has 2 N–H and O–H groups in total. The Kier molecular flexibility index (Phi) is 9.30. The molecule has 4 aromatic rings. The first-order valence-corrected chi connectivity index (χ1v) is 15.5. The third-order valence-corrected chi connectivity index (χ3v) is 8.28. The Morgan fingerprint density at radius 1 is 1.07 bits per heavy atom. The van der Waals surface area contributed by atoms with Gasteiger partial charge in [-0.2, -0.15) is 5.10 Å². The second-order valence-corrected chi connectivity index (χ2v) is 13.5. The summed E-state index contributed by atoms with van der Waals surface area (Å²) in [4.78, 5) is 20.2. The van der Waals surface area contributed by atoms with Gasteiger partial charge in [-0.05, 0) is 81.3 Å². The molecule has 0 aliphatic carbocycles. The summed E-state index contributed by atoms with van der Waals surface area (Å²) >= 11 is 0. The van der Waals surface area contributed by atoms with Crippen LogP contribution in [0, 0.1) is 18.2 Å². The Labute approximate surface area is 264 Å². The molecule has 1 fully saturated rings. The minimum atomic E-state index is -1.21. The van der Waals surface area contributed by atoms with E-state index in [1.807, 2.05) is 52.0 Å². The molecule has 2 aromatic heterocycles. The van der Waals surface area contributed by atoms with E-state index in [1.165, 1.54) is 12.1 Å². The van der Waals surface area contributed by atoms with Gasteiger partial charge in [0.1, 0.15) is 11.6 Å². The van der Waals surface area contributed by atoms with Crippen molar-refractivity contribution in [3.05, 3.63) is 83.6 Å². The molecule has 5 rings (SSSR count). The third kappa shape index (κ3) is 7.71. The Morgan fingerprint density at radius 3 is 2.31 bits per heavy atom. The minimum absolute atomic E-state index is 0.188. The molecule has 0 bridgehead atoms. The molecule has 1 unspecified atom stereocenters. The molecule has 9 heteroatoms. The summed E-state index contributed by atoms with van der Waals surface area (Å²) in [6.07, 6.45) is 4.91. The van der Waals surface area contributed by atoms with Crippen LogP contribution >= 0.6 is 0 Å². The van der Waals surface area contributed by atoms with Crippen LogP contribution in [0.1, 0.15) is 70.4 Å². The van der Waals surface area contributed by atoms with E-state index >= 15 is 0 Å². The predicted molar refractivity (Wildman–Crippen MR) is 174 cm³/mol. The molecule has 8 nitrogen and oxygen atoms in total. The van der Waals surface area contributed by atoms with Gasteiger partial charge in [-0.1, -0.05) is 38.1 Å². The van der Waals surface area contributed by atoms with Crippen LogP contribution in [0.2, 0.25) is 0 Å². The number of ether oxygens (including phenoxy) is 2. The number of carboxylic acid groups (broad SMARTS) is 1. The Morgan fingerprint density at radius 2 is 1.73 bits per heavy atom. The number of benzene rings is 2. The highest BCUT2D eigenvalue weighted by atomic mass is 19.1. The Balaban J connectivity index is 1.61. The molecular formula is C36H43FN4O4. The number of aryl methyl sites for hydroxylation is 1. The summed E-state index contributed by atoms with van der Waals surface area (Å²) < 4.78 is 25.6. The molecule has 1 aliphatic rings. The number of carbonyl (C=O) groups is 1. The van der Waals surface area contributed by atoms with Crippen molar-refractivity contribution < 1.29 is 23.8 Å². The highest BCUT2D eigenvalue weighted by Crippen LogP contribution is 2.47. The average Bonchev–Trinajstić information content (AvgIpc) is 3.52. The number of nitrogens with zero attached hydrogens (tertiary/aromatic N) is 3. The second-order valence-electron chi connectivity index (χ2n) is 13.5. The molecular weight excluding hydrogens is 571 g/mol. The number of aliphatic carboxylic acids is 1. The van der Waals surface area contributed by atoms with Crippen LogP contribution < -0.4 is 9.64 Å². The fourth-order valence-electron chi connectivity index (χ4n) is 5.78. The van der Waals surface area contributed by atoms with Gasteiger partial charge in [0.15, 0.2) is 6.10 Å². The summed E-state index contributed by atoms with van der Waals surface area (Å²) in [7, 11) is 0. The van der Waals surface area contributed by atoms with Crippen LogP contribution in [0.4, 0.5) is 10.1 Å². The monoisotopic (exact) mass is 614 g/mol. The fraction of sp³-hybridized carbons (Fsp3) is 0.417. The van der Waals surface area contributed by atoms with Crippen molar-refractivity contribution in [3.8, 4) is 28.1 Å². The standard InChI is InChI=1S/C36H43FN4O4/c1-23-29(33(34(42)43)45-35(2,3)4)32(41-18-16-36(5,6)17-19-41)30(31(40-23)26-21-38-39-22-26)25-9-13-28(14-10-25)44-20-15-24-7-11-27(37)12-8-24/h7-14,21-22,33H,15-20H2,1-6H3,(H,38,39)(H,42,43). The number of aromatic nitrogens is 3. The van der Waals surface area contributed by atoms with Gasteiger partial charge in [-0.25, -0.2) is 9.18 Å². The van der Waals surface area contributed by atoms with E-state index in [0.717, 1.165) is 59.6 Å². The number of halogens is 1. The van der Waals surface area contributed by atoms with Gasteiger partial charge in [-0.3, -0.25) is 10.1 Å². The van der Waals surface area contributed by atoms with E-state index < -0.39 is 17.7 Å². The van der Waals surface area contributed by atoms with Crippen LogP contribution in [0.5, 0.6) is 5.75 Å². The number of anilines is 1. The maximum Gasteiger partial charge on any atom is 0.337 e. The first kappa shape index (κ1) is 32.2. The van der Waals surface area contributed by atoms with E-state index in [2.05, 4.69) is 28.9 Å². The van der Waals surface area contributed by atoms with Crippen molar-refractivity contribution in [3.63, 3.8) is 0 Å². The van der Waals surface area contributed by atoms with Crippen molar-refractivity contribution in [2.75, 3.05) is 24.6 Å². The number of piperidine rings is 1. The molecule has 0 saturated carbocycles. The SMILES string of the molecule is Cc1nc(-c2cn[nH]c2)c(-c2ccc(OCCc3ccc(F)cc3)cc2)c(N2CCC(C)(C)CC2)c1C(OC(C)(C)C)C(=O)O. The number of hydrogen-bond acceptors (Lipinski definition) is 6. The van der Waals surface area contributed by atoms with Crippen molar-refractivity contribution >= 4 is 11.7 Å². The fourth-order valence-corrected chi connectivity index (χ4v) is 5.78. The van der Waals surface area contributed by atoms with Gasteiger partial charge in [0.2, 0.25) is 0 Å². The second kappa shape index (κ2) is 13.0. The van der Waals surface area contributed by atoms with Gasteiger partial charge < -0.3 is 19.5 Å². The molecule has 1 aliphatic heterocycles. The zero-order valence-electron chi connectivity index (χ0n) is 27.0. The van der Waals surface area contributed by atoms with Crippen LogP contribution in [-0.2, 0) is 16.0 Å². The van der Waals surface area contributed by atoms with Crippen LogP contribution in [0.25, 0.3) is 22.4 Å². The molecule has 45 heavy (non-hydrogen) atoms. The Bertz CT molecular complexity index is 1600. The maximum absolute atomic E-state index is 13.3. The molecule has 1 atom stereocenters. The van der Waals surface area contributed by atoms with Gasteiger partial charge in [0.05, 0.1) is 29.8 Å². The smallest absolute Gasteiger partial charge is 0.337 e. The quantitative estimate of drug-likeness (QED) is 0.188. The van der Waals surface area contributed by atoms with E-state index in [-0.39, 0.29) is 11.2 Å². The van der Waals surface area contributed by atoms with Crippen molar-refractivity contribution in [1.29, 1.82) is 0 Å². The number of rotatable bonds is 10. The number of nitrogens with one attached hydrogen (secondary N) is 1. The van der Waals surface area contributed by atoms with Gasteiger partial charge in [0.25, 0.3) is 0 Å². The predicted octanol–water partition coefficient (Wildman–Crippen LogP) is 7.77. The zero-order chi connectivity index (χ0) is 32.4.